The van der Waals surface area contributed by atoms with Crippen LogP contribution >= 0.6 is 11.6 Å². The summed E-state index contributed by atoms with van der Waals surface area (Å²) in [6.07, 6.45) is 3.48. The van der Waals surface area contributed by atoms with Crippen molar-refractivity contribution < 1.29 is 14.3 Å². The van der Waals surface area contributed by atoms with E-state index in [1.54, 1.807) is 24.3 Å². The predicted molar refractivity (Wildman–Crippen MR) is 89.2 cm³/mol. The minimum atomic E-state index is -0.794. The van der Waals surface area contributed by atoms with Crippen LogP contribution in [0.15, 0.2) is 24.3 Å². The second-order valence-corrected chi connectivity index (χ2v) is 6.24. The molecule has 1 aromatic rings. The van der Waals surface area contributed by atoms with Crippen molar-refractivity contribution in [1.82, 2.24) is 10.6 Å². The van der Waals surface area contributed by atoms with Crippen molar-refractivity contribution in [2.45, 2.75) is 31.7 Å². The highest BCUT2D eigenvalue weighted by Crippen LogP contribution is 2.20. The molecule has 23 heavy (non-hydrogen) atoms. The molecule has 1 heterocycles. The number of rotatable bonds is 6. The molecule has 1 atom stereocenters. The number of methoxy groups -OCH3 is 1. The van der Waals surface area contributed by atoms with Crippen LogP contribution < -0.4 is 10.6 Å². The molecule has 126 valence electrons. The third-order valence-corrected chi connectivity index (χ3v) is 4.44. The SMILES string of the molecule is COC(=O)C(NC(=O)CCC1CCNCC1)c1ccc(Cl)cc1. The molecule has 1 amide bonds. The molecule has 2 rings (SSSR count). The van der Waals surface area contributed by atoms with Gasteiger partial charge in [-0.25, -0.2) is 4.79 Å². The standard InChI is InChI=1S/C17H23ClN2O3/c1-23-17(22)16(13-3-5-14(18)6-4-13)20-15(21)7-2-12-8-10-19-11-9-12/h3-6,12,16,19H,2,7-11H2,1H3,(H,20,21). The largest absolute Gasteiger partial charge is 0.467 e. The van der Waals surface area contributed by atoms with Crippen LogP contribution in [0, 0.1) is 5.92 Å². The predicted octanol–water partition coefficient (Wildman–Crippen LogP) is 2.45. The summed E-state index contributed by atoms with van der Waals surface area (Å²) in [7, 11) is 1.31. The average Bonchev–Trinajstić information content (AvgIpc) is 2.59. The third kappa shape index (κ3) is 5.52. The average molecular weight is 339 g/mol. The lowest BCUT2D eigenvalue weighted by atomic mass is 9.93. The van der Waals surface area contributed by atoms with Gasteiger partial charge in [0.15, 0.2) is 6.04 Å². The van der Waals surface area contributed by atoms with Crippen molar-refractivity contribution in [2.75, 3.05) is 20.2 Å². The van der Waals surface area contributed by atoms with Crippen LogP contribution in [0.3, 0.4) is 0 Å². The Morgan fingerprint density at radius 2 is 1.96 bits per heavy atom. The van der Waals surface area contributed by atoms with E-state index in [1.165, 1.54) is 7.11 Å². The number of nitrogens with one attached hydrogen (secondary N) is 2. The Morgan fingerprint density at radius 1 is 1.30 bits per heavy atom. The number of piperidine rings is 1. The van der Waals surface area contributed by atoms with Gasteiger partial charge in [0.1, 0.15) is 0 Å². The number of amides is 1. The lowest BCUT2D eigenvalue weighted by molar-refractivity contribution is -0.145. The van der Waals surface area contributed by atoms with E-state index in [0.29, 0.717) is 22.9 Å². The molecule has 0 saturated carbocycles. The molecule has 1 aliphatic rings. The van der Waals surface area contributed by atoms with Crippen molar-refractivity contribution in [2.24, 2.45) is 5.92 Å². The Kier molecular flexibility index (Phi) is 6.86. The molecule has 2 N–H and O–H groups in total. The van der Waals surface area contributed by atoms with E-state index in [1.807, 2.05) is 0 Å². The molecule has 0 aromatic heterocycles. The first kappa shape index (κ1) is 17.8. The zero-order valence-corrected chi connectivity index (χ0v) is 14.1. The first-order valence-electron chi connectivity index (χ1n) is 7.93. The van der Waals surface area contributed by atoms with Crippen LogP contribution in [0.5, 0.6) is 0 Å². The Bertz CT molecular complexity index is 527. The van der Waals surface area contributed by atoms with Gasteiger partial charge in [0.2, 0.25) is 5.91 Å². The van der Waals surface area contributed by atoms with Gasteiger partial charge in [-0.15, -0.1) is 0 Å². The van der Waals surface area contributed by atoms with Crippen LogP contribution in [0.25, 0.3) is 0 Å². The van der Waals surface area contributed by atoms with Gasteiger partial charge in [0.05, 0.1) is 7.11 Å². The number of hydrogen-bond donors (Lipinski definition) is 2. The minimum absolute atomic E-state index is 0.131. The molecule has 1 aliphatic heterocycles. The quantitative estimate of drug-likeness (QED) is 0.782. The lowest BCUT2D eigenvalue weighted by Crippen LogP contribution is -2.35. The van der Waals surface area contributed by atoms with Gasteiger partial charge in [-0.3, -0.25) is 4.79 Å². The van der Waals surface area contributed by atoms with Gasteiger partial charge in [0.25, 0.3) is 0 Å². The molecule has 1 fully saturated rings. The van der Waals surface area contributed by atoms with Crippen LogP contribution in [0.2, 0.25) is 5.02 Å². The Labute approximate surface area is 141 Å². The van der Waals surface area contributed by atoms with Crippen LogP contribution in [-0.2, 0) is 14.3 Å². The summed E-state index contributed by atoms with van der Waals surface area (Å²) in [6.45, 7) is 2.03. The highest BCUT2D eigenvalue weighted by Gasteiger charge is 2.24. The van der Waals surface area contributed by atoms with Gasteiger partial charge in [-0.2, -0.15) is 0 Å². The highest BCUT2D eigenvalue weighted by atomic mass is 35.5. The molecule has 1 saturated heterocycles. The topological polar surface area (TPSA) is 67.4 Å². The maximum Gasteiger partial charge on any atom is 0.333 e. The summed E-state index contributed by atoms with van der Waals surface area (Å²) in [6, 6.07) is 6.02. The van der Waals surface area contributed by atoms with Gasteiger partial charge < -0.3 is 15.4 Å². The number of carbonyl (C=O) groups excluding carboxylic acids is 2. The van der Waals surface area contributed by atoms with E-state index in [-0.39, 0.29) is 5.91 Å². The van der Waals surface area contributed by atoms with E-state index in [4.69, 9.17) is 16.3 Å². The number of halogens is 1. The summed E-state index contributed by atoms with van der Waals surface area (Å²) in [4.78, 5) is 24.2. The number of benzene rings is 1. The number of hydrogen-bond acceptors (Lipinski definition) is 4. The fraction of sp³-hybridized carbons (Fsp3) is 0.529. The van der Waals surface area contributed by atoms with E-state index in [0.717, 1.165) is 32.4 Å². The Morgan fingerprint density at radius 3 is 2.57 bits per heavy atom. The molecule has 0 aliphatic carbocycles. The monoisotopic (exact) mass is 338 g/mol. The normalized spacial score (nSPS) is 16.6. The molecule has 6 heteroatoms. The maximum absolute atomic E-state index is 12.2. The van der Waals surface area contributed by atoms with Crippen molar-refractivity contribution in [3.05, 3.63) is 34.9 Å². The number of carbonyl (C=O) groups is 2. The maximum atomic E-state index is 12.2. The Hall–Kier alpha value is -1.59. The molecule has 0 radical (unpaired) electrons. The minimum Gasteiger partial charge on any atom is -0.467 e. The van der Waals surface area contributed by atoms with Crippen molar-refractivity contribution in [1.29, 1.82) is 0 Å². The highest BCUT2D eigenvalue weighted by molar-refractivity contribution is 6.30. The number of esters is 1. The van der Waals surface area contributed by atoms with Crippen molar-refractivity contribution in [3.8, 4) is 0 Å². The summed E-state index contributed by atoms with van der Waals surface area (Å²) >= 11 is 5.86. The summed E-state index contributed by atoms with van der Waals surface area (Å²) in [5.74, 6) is -0.0365. The van der Waals surface area contributed by atoms with E-state index in [9.17, 15) is 9.59 Å². The zero-order valence-electron chi connectivity index (χ0n) is 13.3. The molecule has 5 nitrogen and oxygen atoms in total. The molecule has 1 aromatic carbocycles. The van der Waals surface area contributed by atoms with Gasteiger partial charge >= 0.3 is 5.97 Å². The second-order valence-electron chi connectivity index (χ2n) is 5.81. The molecular weight excluding hydrogens is 316 g/mol. The first-order valence-corrected chi connectivity index (χ1v) is 8.31. The van der Waals surface area contributed by atoms with Gasteiger partial charge in [-0.1, -0.05) is 23.7 Å². The summed E-state index contributed by atoms with van der Waals surface area (Å²) in [5.41, 5.74) is 0.663. The van der Waals surface area contributed by atoms with Crippen LogP contribution in [0.1, 0.15) is 37.3 Å². The lowest BCUT2D eigenvalue weighted by Gasteiger charge is -2.23. The summed E-state index contributed by atoms with van der Waals surface area (Å²) < 4.78 is 4.80. The molecule has 1 unspecified atom stereocenters. The fourth-order valence-corrected chi connectivity index (χ4v) is 2.92. The third-order valence-electron chi connectivity index (χ3n) is 4.18. The van der Waals surface area contributed by atoms with E-state index in [2.05, 4.69) is 10.6 Å². The zero-order chi connectivity index (χ0) is 16.7. The van der Waals surface area contributed by atoms with Crippen LogP contribution in [-0.4, -0.2) is 32.1 Å². The fourth-order valence-electron chi connectivity index (χ4n) is 2.79. The van der Waals surface area contributed by atoms with Crippen molar-refractivity contribution in [3.63, 3.8) is 0 Å². The first-order chi connectivity index (χ1) is 11.1. The summed E-state index contributed by atoms with van der Waals surface area (Å²) in [5, 5.41) is 6.66. The van der Waals surface area contributed by atoms with E-state index >= 15 is 0 Å². The molecule has 0 bridgehead atoms. The molecular formula is C17H23ClN2O3. The van der Waals surface area contributed by atoms with E-state index < -0.39 is 12.0 Å². The van der Waals surface area contributed by atoms with Gasteiger partial charge in [0, 0.05) is 11.4 Å². The molecule has 0 spiro atoms. The van der Waals surface area contributed by atoms with Crippen molar-refractivity contribution >= 4 is 23.5 Å². The van der Waals surface area contributed by atoms with Gasteiger partial charge in [-0.05, 0) is 56.0 Å². The Balaban J connectivity index is 1.92. The smallest absolute Gasteiger partial charge is 0.333 e. The second kappa shape index (κ2) is 8.89. The number of ether oxygens (including phenoxy) is 1. The van der Waals surface area contributed by atoms with Crippen LogP contribution in [0.4, 0.5) is 0 Å².